The van der Waals surface area contributed by atoms with Crippen LogP contribution >= 0.6 is 24.0 Å². The summed E-state index contributed by atoms with van der Waals surface area (Å²) in [6, 6.07) is 10.7. The normalized spacial score (nSPS) is 12.1. The number of furan rings is 1. The molecule has 0 bridgehead atoms. The Morgan fingerprint density at radius 1 is 1.17 bits per heavy atom. The van der Waals surface area contributed by atoms with Crippen molar-refractivity contribution in [2.45, 2.75) is 33.0 Å². The molecule has 1 aromatic heterocycles. The van der Waals surface area contributed by atoms with Gasteiger partial charge in [0.15, 0.2) is 11.7 Å². The average molecular weight is 530 g/mol. The number of carbonyl (C=O) groups is 1. The maximum atomic E-state index is 11.8. The number of nitrogens with one attached hydrogen (secondary N) is 3. The molecule has 0 aliphatic rings. The molecule has 0 saturated carbocycles. The van der Waals surface area contributed by atoms with Gasteiger partial charge in [-0.05, 0) is 50.6 Å². The van der Waals surface area contributed by atoms with Crippen LogP contribution < -0.4 is 20.7 Å². The first-order valence-electron chi connectivity index (χ1n) is 9.78. The summed E-state index contributed by atoms with van der Waals surface area (Å²) in [5.74, 6) is 1.29. The molecule has 30 heavy (non-hydrogen) atoms. The third kappa shape index (κ3) is 9.04. The van der Waals surface area contributed by atoms with Crippen LogP contribution in [-0.4, -0.2) is 49.3 Å². The molecule has 0 aliphatic heterocycles. The van der Waals surface area contributed by atoms with E-state index in [1.165, 1.54) is 6.26 Å². The van der Waals surface area contributed by atoms with Crippen molar-refractivity contribution in [2.24, 2.45) is 4.99 Å². The molecule has 4 N–H and O–H groups in total. The Hall–Kier alpha value is -2.27. The van der Waals surface area contributed by atoms with Crippen LogP contribution in [0, 0.1) is 0 Å². The van der Waals surface area contributed by atoms with Crippen molar-refractivity contribution in [3.8, 4) is 5.75 Å². The van der Waals surface area contributed by atoms with E-state index in [0.717, 1.165) is 11.3 Å². The van der Waals surface area contributed by atoms with Crippen LogP contribution in [0.2, 0.25) is 0 Å². The maximum Gasteiger partial charge on any atom is 0.287 e. The summed E-state index contributed by atoms with van der Waals surface area (Å²) in [5.41, 5.74) is 0.744. The van der Waals surface area contributed by atoms with E-state index < -0.39 is 6.10 Å². The summed E-state index contributed by atoms with van der Waals surface area (Å²) in [5, 5.41) is 19.5. The predicted octanol–water partition coefficient (Wildman–Crippen LogP) is 2.70. The Morgan fingerprint density at radius 3 is 2.60 bits per heavy atom. The lowest BCUT2D eigenvalue weighted by molar-refractivity contribution is 0.0926. The second-order valence-corrected chi connectivity index (χ2v) is 6.63. The summed E-state index contributed by atoms with van der Waals surface area (Å²) >= 11 is 0. The highest BCUT2D eigenvalue weighted by molar-refractivity contribution is 14.0. The summed E-state index contributed by atoms with van der Waals surface area (Å²) in [7, 11) is 0. The number of hydrogen-bond donors (Lipinski definition) is 4. The zero-order chi connectivity index (χ0) is 21.1. The lowest BCUT2D eigenvalue weighted by atomic mass is 10.1. The number of halogens is 1. The van der Waals surface area contributed by atoms with Crippen molar-refractivity contribution in [1.82, 2.24) is 16.0 Å². The molecule has 166 valence electrons. The lowest BCUT2D eigenvalue weighted by Crippen LogP contribution is -2.41. The van der Waals surface area contributed by atoms with Crippen LogP contribution in [-0.2, 0) is 0 Å². The summed E-state index contributed by atoms with van der Waals surface area (Å²) < 4.78 is 10.7. The van der Waals surface area contributed by atoms with Gasteiger partial charge in [0.2, 0.25) is 0 Å². The van der Waals surface area contributed by atoms with E-state index in [0.29, 0.717) is 25.6 Å². The van der Waals surface area contributed by atoms with Gasteiger partial charge in [-0.15, -0.1) is 24.0 Å². The van der Waals surface area contributed by atoms with Crippen LogP contribution in [0.4, 0.5) is 0 Å². The SMILES string of the molecule is CCNC(=NCC(O)c1cccc(OC(C)C)c1)NCCNC(=O)c1ccco1.I. The fraction of sp³-hybridized carbons (Fsp3) is 0.429. The van der Waals surface area contributed by atoms with Gasteiger partial charge in [-0.3, -0.25) is 9.79 Å². The highest BCUT2D eigenvalue weighted by Gasteiger charge is 2.10. The summed E-state index contributed by atoms with van der Waals surface area (Å²) in [4.78, 5) is 16.2. The van der Waals surface area contributed by atoms with Gasteiger partial charge in [0, 0.05) is 19.6 Å². The van der Waals surface area contributed by atoms with E-state index >= 15 is 0 Å². The quantitative estimate of drug-likeness (QED) is 0.163. The molecule has 0 radical (unpaired) electrons. The molecule has 1 amide bonds. The molecule has 0 aliphatic carbocycles. The zero-order valence-electron chi connectivity index (χ0n) is 17.6. The number of aliphatic imine (C=N–C) groups is 1. The second-order valence-electron chi connectivity index (χ2n) is 6.63. The number of rotatable bonds is 10. The minimum Gasteiger partial charge on any atom is -0.491 e. The van der Waals surface area contributed by atoms with Gasteiger partial charge in [-0.25, -0.2) is 0 Å². The van der Waals surface area contributed by atoms with Gasteiger partial charge in [0.1, 0.15) is 5.75 Å². The molecule has 1 unspecified atom stereocenters. The Labute approximate surface area is 194 Å². The minimum absolute atomic E-state index is 0. The molecule has 0 spiro atoms. The van der Waals surface area contributed by atoms with E-state index in [-0.39, 0.29) is 48.3 Å². The largest absolute Gasteiger partial charge is 0.491 e. The van der Waals surface area contributed by atoms with Crippen LogP contribution in [0.3, 0.4) is 0 Å². The average Bonchev–Trinajstić information content (AvgIpc) is 3.23. The molecule has 2 rings (SSSR count). The molecule has 9 heteroatoms. The number of hydrogen-bond acceptors (Lipinski definition) is 5. The van der Waals surface area contributed by atoms with Crippen LogP contribution in [0.25, 0.3) is 0 Å². The molecule has 0 fully saturated rings. The number of benzene rings is 1. The highest BCUT2D eigenvalue weighted by atomic mass is 127. The molecule has 0 saturated heterocycles. The summed E-state index contributed by atoms with van der Waals surface area (Å²) in [6.45, 7) is 7.63. The highest BCUT2D eigenvalue weighted by Crippen LogP contribution is 2.20. The third-order valence-electron chi connectivity index (χ3n) is 3.83. The van der Waals surface area contributed by atoms with Crippen molar-refractivity contribution in [3.05, 3.63) is 54.0 Å². The molecule has 1 aromatic carbocycles. The van der Waals surface area contributed by atoms with Crippen molar-refractivity contribution in [1.29, 1.82) is 0 Å². The fourth-order valence-electron chi connectivity index (χ4n) is 2.54. The molecule has 8 nitrogen and oxygen atoms in total. The first-order valence-corrected chi connectivity index (χ1v) is 9.78. The van der Waals surface area contributed by atoms with E-state index in [1.807, 2.05) is 45.0 Å². The van der Waals surface area contributed by atoms with E-state index in [2.05, 4.69) is 20.9 Å². The van der Waals surface area contributed by atoms with E-state index in [9.17, 15) is 9.90 Å². The smallest absolute Gasteiger partial charge is 0.287 e. The Bertz CT molecular complexity index is 781. The monoisotopic (exact) mass is 530 g/mol. The minimum atomic E-state index is -0.750. The second kappa shape index (κ2) is 13.9. The third-order valence-corrected chi connectivity index (χ3v) is 3.83. The Morgan fingerprint density at radius 2 is 1.93 bits per heavy atom. The molecule has 1 atom stereocenters. The Kier molecular flexibility index (Phi) is 11.9. The van der Waals surface area contributed by atoms with Gasteiger partial charge in [-0.1, -0.05) is 12.1 Å². The van der Waals surface area contributed by atoms with E-state index in [4.69, 9.17) is 9.15 Å². The van der Waals surface area contributed by atoms with Gasteiger partial charge >= 0.3 is 0 Å². The van der Waals surface area contributed by atoms with Crippen molar-refractivity contribution in [2.75, 3.05) is 26.2 Å². The topological polar surface area (TPSA) is 108 Å². The van der Waals surface area contributed by atoms with Gasteiger partial charge in [-0.2, -0.15) is 0 Å². The van der Waals surface area contributed by atoms with Crippen LogP contribution in [0.5, 0.6) is 5.75 Å². The fourth-order valence-corrected chi connectivity index (χ4v) is 2.54. The van der Waals surface area contributed by atoms with Gasteiger partial charge in [0.25, 0.3) is 5.91 Å². The zero-order valence-corrected chi connectivity index (χ0v) is 19.9. The molecular formula is C21H31IN4O4. The summed E-state index contributed by atoms with van der Waals surface area (Å²) in [6.07, 6.45) is 0.775. The van der Waals surface area contributed by atoms with E-state index in [1.54, 1.807) is 12.1 Å². The van der Waals surface area contributed by atoms with Crippen molar-refractivity contribution >= 4 is 35.8 Å². The maximum absolute atomic E-state index is 11.8. The van der Waals surface area contributed by atoms with Crippen molar-refractivity contribution < 1.29 is 19.1 Å². The number of guanidine groups is 1. The number of amides is 1. The van der Waals surface area contributed by atoms with Gasteiger partial charge < -0.3 is 30.2 Å². The predicted molar refractivity (Wildman–Crippen MR) is 128 cm³/mol. The van der Waals surface area contributed by atoms with Gasteiger partial charge in [0.05, 0.1) is 25.0 Å². The molecule has 1 heterocycles. The molecule has 2 aromatic rings. The van der Waals surface area contributed by atoms with Crippen LogP contribution in [0.15, 0.2) is 52.1 Å². The first-order chi connectivity index (χ1) is 14.0. The number of aliphatic hydroxyl groups is 1. The molecular weight excluding hydrogens is 499 g/mol. The van der Waals surface area contributed by atoms with Crippen LogP contribution in [0.1, 0.15) is 43.0 Å². The lowest BCUT2D eigenvalue weighted by Gasteiger charge is -2.15. The Balaban J connectivity index is 0.00000450. The van der Waals surface area contributed by atoms with Crippen molar-refractivity contribution in [3.63, 3.8) is 0 Å². The number of carbonyl (C=O) groups excluding carboxylic acids is 1. The first kappa shape index (κ1) is 25.8. The number of ether oxygens (including phenoxy) is 1. The number of nitrogens with zero attached hydrogens (tertiary/aromatic N) is 1. The number of aliphatic hydroxyl groups excluding tert-OH is 1. The standard InChI is InChI=1S/C21H30N4O4.HI/c1-4-22-21(24-11-10-23-20(27)19-9-6-12-28-19)25-14-18(26)16-7-5-8-17(13-16)29-15(2)3;/h5-9,12-13,15,18,26H,4,10-11,14H2,1-3H3,(H,23,27)(H2,22,24,25);1H.